The number of carbonyl (C=O) groups is 1. The second-order valence-electron chi connectivity index (χ2n) is 9.49. The molecule has 1 unspecified atom stereocenters. The first-order chi connectivity index (χ1) is 16.7. The second-order valence-corrected chi connectivity index (χ2v) is 9.89. The summed E-state index contributed by atoms with van der Waals surface area (Å²) in [7, 11) is 0. The molecule has 35 heavy (non-hydrogen) atoms. The zero-order chi connectivity index (χ0) is 24.6. The van der Waals surface area contributed by atoms with Crippen LogP contribution in [0.25, 0.3) is 0 Å². The molecule has 188 valence electrons. The molecule has 0 bridgehead atoms. The number of hydrogen-bond acceptors (Lipinski definition) is 7. The Balaban J connectivity index is 1.32. The van der Waals surface area contributed by atoms with Crippen LogP contribution < -0.4 is 20.4 Å². The van der Waals surface area contributed by atoms with Crippen LogP contribution >= 0.6 is 11.6 Å². The van der Waals surface area contributed by atoms with Crippen LogP contribution in [0.4, 0.5) is 36.3 Å². The molecule has 1 atom stereocenters. The molecule has 0 radical (unpaired) electrons. The van der Waals surface area contributed by atoms with Crippen molar-refractivity contribution in [1.29, 1.82) is 0 Å². The van der Waals surface area contributed by atoms with Gasteiger partial charge in [-0.1, -0.05) is 11.6 Å². The molecule has 3 aliphatic heterocycles. The number of anilines is 4. The predicted octanol–water partition coefficient (Wildman–Crippen LogP) is 4.15. The van der Waals surface area contributed by atoms with Crippen LogP contribution in [0.2, 0.25) is 5.02 Å². The topological polar surface area (TPSA) is 86.3 Å². The van der Waals surface area contributed by atoms with E-state index in [4.69, 9.17) is 11.6 Å². The van der Waals surface area contributed by atoms with Crippen LogP contribution in [0.1, 0.15) is 32.1 Å². The Bertz CT molecular complexity index is 1090. The monoisotopic (exact) mass is 509 g/mol. The molecule has 1 amide bonds. The van der Waals surface area contributed by atoms with Gasteiger partial charge in [0.15, 0.2) is 5.82 Å². The molecular formula is C23H27ClF3N7O. The Hall–Kier alpha value is -2.66. The number of hydrogen-bond donors (Lipinski definition) is 2. The van der Waals surface area contributed by atoms with E-state index in [2.05, 4.69) is 25.6 Å². The molecule has 0 aromatic carbocycles. The first-order valence-corrected chi connectivity index (χ1v) is 12.2. The van der Waals surface area contributed by atoms with Crippen molar-refractivity contribution >= 4 is 40.6 Å². The summed E-state index contributed by atoms with van der Waals surface area (Å²) in [5, 5.41) is 6.57. The van der Waals surface area contributed by atoms with Gasteiger partial charge in [-0.3, -0.25) is 9.78 Å². The Kier molecular flexibility index (Phi) is 6.47. The van der Waals surface area contributed by atoms with Crippen molar-refractivity contribution < 1.29 is 18.0 Å². The average molecular weight is 510 g/mol. The van der Waals surface area contributed by atoms with E-state index < -0.39 is 12.1 Å². The van der Waals surface area contributed by atoms with E-state index in [1.807, 2.05) is 6.07 Å². The minimum absolute atomic E-state index is 0.0965. The van der Waals surface area contributed by atoms with Crippen molar-refractivity contribution in [1.82, 2.24) is 20.3 Å². The third kappa shape index (κ3) is 4.88. The van der Waals surface area contributed by atoms with E-state index in [0.29, 0.717) is 30.9 Å². The van der Waals surface area contributed by atoms with Crippen molar-refractivity contribution in [2.75, 3.05) is 47.8 Å². The highest BCUT2D eigenvalue weighted by atomic mass is 35.5. The summed E-state index contributed by atoms with van der Waals surface area (Å²) in [4.78, 5) is 29.4. The predicted molar refractivity (Wildman–Crippen MR) is 127 cm³/mol. The van der Waals surface area contributed by atoms with Gasteiger partial charge in [-0.2, -0.15) is 18.2 Å². The van der Waals surface area contributed by atoms with E-state index >= 15 is 0 Å². The Morgan fingerprint density at radius 1 is 1.14 bits per heavy atom. The van der Waals surface area contributed by atoms with Crippen molar-refractivity contribution in [3.05, 3.63) is 29.7 Å². The second kappa shape index (κ2) is 9.42. The lowest BCUT2D eigenvalue weighted by Gasteiger charge is -2.34. The van der Waals surface area contributed by atoms with Gasteiger partial charge in [0.2, 0.25) is 11.9 Å². The number of nitrogens with one attached hydrogen (secondary N) is 2. The van der Waals surface area contributed by atoms with Gasteiger partial charge in [-0.05, 0) is 51.3 Å². The third-order valence-corrected chi connectivity index (χ3v) is 7.54. The SMILES string of the molecule is O=C1N(c2cncc(Nc3ncc(Cl)c(N4CCCC(C(F)(F)F)C4)n3)c2)CCC12CCNCC2. The molecule has 2 aromatic heterocycles. The number of carbonyl (C=O) groups excluding carboxylic acids is 1. The van der Waals surface area contributed by atoms with Crippen molar-refractivity contribution in [3.8, 4) is 0 Å². The van der Waals surface area contributed by atoms with Crippen molar-refractivity contribution in [2.24, 2.45) is 11.3 Å². The Morgan fingerprint density at radius 2 is 1.94 bits per heavy atom. The van der Waals surface area contributed by atoms with Crippen LogP contribution in [0.3, 0.4) is 0 Å². The van der Waals surface area contributed by atoms with E-state index in [1.165, 1.54) is 6.20 Å². The molecular weight excluding hydrogens is 483 g/mol. The minimum Gasteiger partial charge on any atom is -0.355 e. The normalized spacial score (nSPS) is 22.6. The highest BCUT2D eigenvalue weighted by molar-refractivity contribution is 6.32. The number of piperidine rings is 2. The highest BCUT2D eigenvalue weighted by Gasteiger charge is 2.47. The molecule has 2 N–H and O–H groups in total. The Morgan fingerprint density at radius 3 is 2.71 bits per heavy atom. The van der Waals surface area contributed by atoms with E-state index in [1.54, 1.807) is 22.2 Å². The molecule has 0 aliphatic carbocycles. The number of aromatic nitrogens is 3. The van der Waals surface area contributed by atoms with Gasteiger partial charge in [0.05, 0.1) is 41.3 Å². The number of amides is 1. The molecule has 5 heterocycles. The number of nitrogens with zero attached hydrogens (tertiary/aromatic N) is 5. The molecule has 3 saturated heterocycles. The first kappa shape index (κ1) is 24.1. The van der Waals surface area contributed by atoms with Gasteiger partial charge in [0.1, 0.15) is 5.02 Å². The standard InChI is InChI=1S/C23H27ClF3N7O/c24-18-13-30-21(32-19(18)33-8-1-2-15(14-33)23(25,26)27)31-16-10-17(12-29-11-16)34-9-5-22(20(34)35)3-6-28-7-4-22/h10-13,15,28H,1-9,14H2,(H,30,31,32). The van der Waals surface area contributed by atoms with Gasteiger partial charge in [0, 0.05) is 19.6 Å². The summed E-state index contributed by atoms with van der Waals surface area (Å²) in [6.07, 6.45) is 3.35. The lowest BCUT2D eigenvalue weighted by molar-refractivity contribution is -0.176. The zero-order valence-electron chi connectivity index (χ0n) is 19.1. The summed E-state index contributed by atoms with van der Waals surface area (Å²) < 4.78 is 39.8. The van der Waals surface area contributed by atoms with Crippen molar-refractivity contribution in [3.63, 3.8) is 0 Å². The molecule has 1 spiro atoms. The zero-order valence-corrected chi connectivity index (χ0v) is 19.9. The fourth-order valence-electron chi connectivity index (χ4n) is 5.29. The van der Waals surface area contributed by atoms with Crippen LogP contribution in [0.15, 0.2) is 24.7 Å². The molecule has 5 rings (SSSR count). The van der Waals surface area contributed by atoms with E-state index in [9.17, 15) is 18.0 Å². The van der Waals surface area contributed by atoms with Crippen LogP contribution in [-0.4, -0.2) is 59.8 Å². The maximum absolute atomic E-state index is 13.3. The maximum Gasteiger partial charge on any atom is 0.393 e. The fraction of sp³-hybridized carbons (Fsp3) is 0.565. The molecule has 3 fully saturated rings. The summed E-state index contributed by atoms with van der Waals surface area (Å²) >= 11 is 6.26. The number of halogens is 4. The van der Waals surface area contributed by atoms with Gasteiger partial charge in [-0.15, -0.1) is 0 Å². The lowest BCUT2D eigenvalue weighted by Crippen LogP contribution is -2.42. The molecule has 12 heteroatoms. The summed E-state index contributed by atoms with van der Waals surface area (Å²) in [6.45, 7) is 2.58. The number of pyridine rings is 1. The van der Waals surface area contributed by atoms with Gasteiger partial charge in [-0.25, -0.2) is 4.98 Å². The highest BCUT2D eigenvalue weighted by Crippen LogP contribution is 2.42. The smallest absolute Gasteiger partial charge is 0.355 e. The lowest BCUT2D eigenvalue weighted by atomic mass is 9.78. The average Bonchev–Trinajstić information content (AvgIpc) is 3.15. The summed E-state index contributed by atoms with van der Waals surface area (Å²) in [6, 6.07) is 1.81. The van der Waals surface area contributed by atoms with Crippen LogP contribution in [-0.2, 0) is 4.79 Å². The fourth-order valence-corrected chi connectivity index (χ4v) is 5.50. The van der Waals surface area contributed by atoms with E-state index in [-0.39, 0.29) is 41.1 Å². The first-order valence-electron chi connectivity index (χ1n) is 11.8. The summed E-state index contributed by atoms with van der Waals surface area (Å²) in [5.74, 6) is -0.821. The van der Waals surface area contributed by atoms with Crippen LogP contribution in [0.5, 0.6) is 0 Å². The molecule has 2 aromatic rings. The maximum atomic E-state index is 13.3. The van der Waals surface area contributed by atoms with Gasteiger partial charge >= 0.3 is 6.18 Å². The molecule has 3 aliphatic rings. The van der Waals surface area contributed by atoms with Crippen LogP contribution in [0, 0.1) is 11.3 Å². The van der Waals surface area contributed by atoms with Crippen molar-refractivity contribution in [2.45, 2.75) is 38.3 Å². The van der Waals surface area contributed by atoms with Gasteiger partial charge in [0.25, 0.3) is 0 Å². The molecule has 8 nitrogen and oxygen atoms in total. The van der Waals surface area contributed by atoms with E-state index in [0.717, 1.165) is 32.4 Å². The minimum atomic E-state index is -4.26. The summed E-state index contributed by atoms with van der Waals surface area (Å²) in [5.41, 5.74) is 0.960. The number of alkyl halides is 3. The van der Waals surface area contributed by atoms with Gasteiger partial charge < -0.3 is 20.4 Å². The third-order valence-electron chi connectivity index (χ3n) is 7.27. The number of rotatable bonds is 4. The largest absolute Gasteiger partial charge is 0.393 e. The quantitative estimate of drug-likeness (QED) is 0.640. The molecule has 0 saturated carbocycles. The Labute approximate surface area is 206 Å².